The van der Waals surface area contributed by atoms with Crippen LogP contribution in [0.3, 0.4) is 0 Å². The highest BCUT2D eigenvalue weighted by Gasteiger charge is 2.21. The van der Waals surface area contributed by atoms with Crippen LogP contribution in [0.1, 0.15) is 50.3 Å². The van der Waals surface area contributed by atoms with Crippen LogP contribution in [0.2, 0.25) is 0 Å². The van der Waals surface area contributed by atoms with Gasteiger partial charge in [-0.1, -0.05) is 28.9 Å². The molecule has 1 atom stereocenters. The first-order valence-corrected chi connectivity index (χ1v) is 11.1. The Hall–Kier alpha value is -2.61. The van der Waals surface area contributed by atoms with Gasteiger partial charge in [-0.2, -0.15) is 0 Å². The molecule has 0 bridgehead atoms. The Morgan fingerprint density at radius 2 is 1.88 bits per heavy atom. The molecule has 0 radical (unpaired) electrons. The van der Waals surface area contributed by atoms with E-state index in [9.17, 15) is 14.0 Å². The number of rotatable bonds is 6. The van der Waals surface area contributed by atoms with E-state index in [1.165, 1.54) is 30.1 Å². The first-order valence-electron chi connectivity index (χ1n) is 10.3. The van der Waals surface area contributed by atoms with Crippen LogP contribution < -0.4 is 5.32 Å². The number of halogens is 2. The largest absolute Gasteiger partial charge is 0.449 e. The van der Waals surface area contributed by atoms with E-state index in [0.717, 1.165) is 15.6 Å². The molecule has 0 aliphatic rings. The third kappa shape index (κ3) is 7.82. The summed E-state index contributed by atoms with van der Waals surface area (Å²) in [5.41, 5.74) is 2.16. The van der Waals surface area contributed by atoms with Crippen molar-refractivity contribution in [3.63, 3.8) is 0 Å². The van der Waals surface area contributed by atoms with Crippen LogP contribution in [0, 0.1) is 12.7 Å². The van der Waals surface area contributed by atoms with E-state index in [1.807, 2.05) is 32.0 Å². The fraction of sp³-hybridized carbons (Fsp3) is 0.417. The predicted molar refractivity (Wildman–Crippen MR) is 126 cm³/mol. The molecule has 0 saturated heterocycles. The Morgan fingerprint density at radius 1 is 1.19 bits per heavy atom. The summed E-state index contributed by atoms with van der Waals surface area (Å²) in [7, 11) is 1.52. The van der Waals surface area contributed by atoms with E-state index < -0.39 is 23.6 Å². The van der Waals surface area contributed by atoms with E-state index in [4.69, 9.17) is 9.47 Å². The maximum atomic E-state index is 14.3. The van der Waals surface area contributed by atoms with Gasteiger partial charge in [0.1, 0.15) is 11.4 Å². The molecule has 2 amide bonds. The summed E-state index contributed by atoms with van der Waals surface area (Å²) < 4.78 is 25.9. The maximum Gasteiger partial charge on any atom is 0.411 e. The van der Waals surface area contributed by atoms with Crippen molar-refractivity contribution in [3.8, 4) is 0 Å². The molecule has 1 N–H and O–H groups in total. The summed E-state index contributed by atoms with van der Waals surface area (Å²) >= 11 is 3.44. The predicted octanol–water partition coefficient (Wildman–Crippen LogP) is 6.62. The SMILES string of the molecule is Cc1cc(Br)ccc1[C@@H](C)COC(=O)Nc1ccc(F)c(CN(C)C(=O)OC(C)(C)C)c1. The number of hydrogen-bond acceptors (Lipinski definition) is 4. The van der Waals surface area contributed by atoms with Gasteiger partial charge in [0.25, 0.3) is 0 Å². The molecule has 0 unspecified atom stereocenters. The minimum atomic E-state index is -0.650. The lowest BCUT2D eigenvalue weighted by molar-refractivity contribution is 0.0283. The monoisotopic (exact) mass is 508 g/mol. The topological polar surface area (TPSA) is 67.9 Å². The molecule has 2 rings (SSSR count). The number of anilines is 1. The summed E-state index contributed by atoms with van der Waals surface area (Å²) in [5, 5.41) is 2.61. The Kier molecular flexibility index (Phi) is 8.66. The summed E-state index contributed by atoms with van der Waals surface area (Å²) in [6, 6.07) is 10.1. The number of nitrogens with zero attached hydrogens (tertiary/aromatic N) is 1. The Balaban J connectivity index is 1.96. The van der Waals surface area contributed by atoms with Crippen molar-refractivity contribution in [3.05, 3.63) is 63.4 Å². The average molecular weight is 509 g/mol. The van der Waals surface area contributed by atoms with E-state index in [1.54, 1.807) is 20.8 Å². The van der Waals surface area contributed by atoms with Crippen LogP contribution in [-0.4, -0.2) is 36.3 Å². The van der Waals surface area contributed by atoms with Crippen LogP contribution in [-0.2, 0) is 16.0 Å². The number of nitrogens with one attached hydrogen (secondary N) is 1. The average Bonchev–Trinajstić information content (AvgIpc) is 2.67. The Bertz CT molecular complexity index is 975. The van der Waals surface area contributed by atoms with Crippen LogP contribution in [0.5, 0.6) is 0 Å². The number of amides is 2. The summed E-state index contributed by atoms with van der Waals surface area (Å²) in [6.07, 6.45) is -1.20. The van der Waals surface area contributed by atoms with Gasteiger partial charge in [-0.15, -0.1) is 0 Å². The van der Waals surface area contributed by atoms with Crippen molar-refractivity contribution in [2.75, 3.05) is 19.0 Å². The Labute approximate surface area is 197 Å². The van der Waals surface area contributed by atoms with Crippen molar-refractivity contribution < 1.29 is 23.5 Å². The second kappa shape index (κ2) is 10.8. The van der Waals surface area contributed by atoms with Crippen molar-refractivity contribution in [2.45, 2.75) is 52.7 Å². The number of hydrogen-bond donors (Lipinski definition) is 1. The Morgan fingerprint density at radius 3 is 2.50 bits per heavy atom. The second-order valence-corrected chi connectivity index (χ2v) is 9.68. The zero-order valence-electron chi connectivity index (χ0n) is 19.3. The van der Waals surface area contributed by atoms with Gasteiger partial charge in [-0.05, 0) is 69.2 Å². The van der Waals surface area contributed by atoms with Gasteiger partial charge in [-0.25, -0.2) is 14.0 Å². The fourth-order valence-corrected chi connectivity index (χ4v) is 3.55. The van der Waals surface area contributed by atoms with Crippen molar-refractivity contribution in [1.29, 1.82) is 0 Å². The van der Waals surface area contributed by atoms with Crippen LogP contribution in [0.15, 0.2) is 40.9 Å². The van der Waals surface area contributed by atoms with Gasteiger partial charge >= 0.3 is 12.2 Å². The van der Waals surface area contributed by atoms with Crippen molar-refractivity contribution in [2.24, 2.45) is 0 Å². The third-order valence-electron chi connectivity index (χ3n) is 4.63. The molecule has 0 spiro atoms. The lowest BCUT2D eigenvalue weighted by atomic mass is 9.97. The van der Waals surface area contributed by atoms with Crippen molar-refractivity contribution in [1.82, 2.24) is 4.90 Å². The number of ether oxygens (including phenoxy) is 2. The smallest absolute Gasteiger partial charge is 0.411 e. The molecule has 0 heterocycles. The van der Waals surface area contributed by atoms with Crippen LogP contribution in [0.4, 0.5) is 19.7 Å². The summed E-state index contributed by atoms with van der Waals surface area (Å²) in [6.45, 7) is 9.45. The molecule has 2 aromatic rings. The highest BCUT2D eigenvalue weighted by atomic mass is 79.9. The van der Waals surface area contributed by atoms with Crippen molar-refractivity contribution >= 4 is 33.8 Å². The molecule has 8 heteroatoms. The molecule has 0 saturated carbocycles. The van der Waals surface area contributed by atoms with E-state index >= 15 is 0 Å². The number of carbonyl (C=O) groups excluding carboxylic acids is 2. The number of carbonyl (C=O) groups is 2. The van der Waals surface area contributed by atoms with Crippen LogP contribution in [0.25, 0.3) is 0 Å². The van der Waals surface area contributed by atoms with Gasteiger partial charge in [0.15, 0.2) is 0 Å². The van der Waals surface area contributed by atoms with Gasteiger partial charge in [0.05, 0.1) is 13.2 Å². The minimum absolute atomic E-state index is 0.00874. The van der Waals surface area contributed by atoms with E-state index in [-0.39, 0.29) is 24.6 Å². The van der Waals surface area contributed by atoms with E-state index in [2.05, 4.69) is 21.2 Å². The molecule has 0 aliphatic heterocycles. The quantitative estimate of drug-likeness (QED) is 0.476. The van der Waals surface area contributed by atoms with Gasteiger partial charge in [-0.3, -0.25) is 5.32 Å². The molecule has 6 nitrogen and oxygen atoms in total. The van der Waals surface area contributed by atoms with E-state index in [0.29, 0.717) is 5.69 Å². The number of benzene rings is 2. The molecule has 0 aromatic heterocycles. The van der Waals surface area contributed by atoms with Crippen LogP contribution >= 0.6 is 15.9 Å². The fourth-order valence-electron chi connectivity index (χ4n) is 3.07. The zero-order chi connectivity index (χ0) is 24.1. The molecule has 174 valence electrons. The summed E-state index contributed by atoms with van der Waals surface area (Å²) in [5.74, 6) is -0.473. The maximum absolute atomic E-state index is 14.3. The molecular formula is C24H30BrFN2O4. The molecule has 2 aromatic carbocycles. The molecule has 0 fully saturated rings. The third-order valence-corrected chi connectivity index (χ3v) is 5.13. The first-order chi connectivity index (χ1) is 14.9. The zero-order valence-corrected chi connectivity index (χ0v) is 20.9. The standard InChI is InChI=1S/C24H30BrFN2O4/c1-15-11-18(25)7-9-20(15)16(2)14-31-22(29)27-19-8-10-21(26)17(12-19)13-28(6)23(30)32-24(3,4)5/h7-12,16H,13-14H2,1-6H3,(H,27,29)/t16-/m0/s1. The lowest BCUT2D eigenvalue weighted by Crippen LogP contribution is -2.34. The molecular weight excluding hydrogens is 479 g/mol. The highest BCUT2D eigenvalue weighted by Crippen LogP contribution is 2.24. The first kappa shape index (κ1) is 25.6. The second-order valence-electron chi connectivity index (χ2n) is 8.77. The normalized spacial score (nSPS) is 12.1. The minimum Gasteiger partial charge on any atom is -0.449 e. The number of aryl methyl sites for hydroxylation is 1. The van der Waals surface area contributed by atoms with Gasteiger partial charge in [0.2, 0.25) is 0 Å². The van der Waals surface area contributed by atoms with Gasteiger partial charge < -0.3 is 14.4 Å². The highest BCUT2D eigenvalue weighted by molar-refractivity contribution is 9.10. The van der Waals surface area contributed by atoms with Gasteiger partial charge in [0, 0.05) is 28.7 Å². The molecule has 32 heavy (non-hydrogen) atoms. The lowest BCUT2D eigenvalue weighted by Gasteiger charge is -2.25. The molecule has 0 aliphatic carbocycles. The summed E-state index contributed by atoms with van der Waals surface area (Å²) in [4.78, 5) is 25.7.